The van der Waals surface area contributed by atoms with Crippen molar-refractivity contribution in [1.29, 1.82) is 0 Å². The van der Waals surface area contributed by atoms with Crippen molar-refractivity contribution in [3.05, 3.63) is 18.2 Å². The average Bonchev–Trinajstić information content (AvgIpc) is 2.58. The van der Waals surface area contributed by atoms with E-state index in [1.807, 2.05) is 19.3 Å². The lowest BCUT2D eigenvalue weighted by Crippen LogP contribution is -1.87. The molecule has 0 spiro atoms. The van der Waals surface area contributed by atoms with E-state index in [9.17, 15) is 0 Å². The van der Waals surface area contributed by atoms with Crippen molar-refractivity contribution in [2.45, 2.75) is 6.92 Å². The molecule has 0 radical (unpaired) electrons. The van der Waals surface area contributed by atoms with Crippen molar-refractivity contribution >= 4 is 0 Å². The summed E-state index contributed by atoms with van der Waals surface area (Å²) in [4.78, 5) is 0. The highest BCUT2D eigenvalue weighted by molar-refractivity contribution is 5.44. The molecule has 12 heavy (non-hydrogen) atoms. The van der Waals surface area contributed by atoms with Crippen LogP contribution in [-0.2, 0) is 7.05 Å². The van der Waals surface area contributed by atoms with Gasteiger partial charge in [0.1, 0.15) is 5.69 Å². The van der Waals surface area contributed by atoms with Gasteiger partial charge in [-0.15, -0.1) is 10.2 Å². The van der Waals surface area contributed by atoms with Gasteiger partial charge in [0.25, 0.3) is 5.89 Å². The van der Waals surface area contributed by atoms with Crippen LogP contribution in [0.25, 0.3) is 11.6 Å². The molecule has 0 aliphatic heterocycles. The van der Waals surface area contributed by atoms with Crippen LogP contribution in [0.15, 0.2) is 16.7 Å². The monoisotopic (exact) mass is 164 g/mol. The van der Waals surface area contributed by atoms with Gasteiger partial charge in [-0.3, -0.25) is 4.68 Å². The Bertz CT molecular complexity index is 351. The van der Waals surface area contributed by atoms with Crippen LogP contribution in [0.1, 0.15) is 5.89 Å². The third-order valence-electron chi connectivity index (χ3n) is 1.46. The van der Waals surface area contributed by atoms with Crippen LogP contribution in [0.3, 0.4) is 0 Å². The molecule has 0 aliphatic rings. The fourth-order valence-electron chi connectivity index (χ4n) is 0.929. The number of aryl methyl sites for hydroxylation is 2. The first-order valence-corrected chi connectivity index (χ1v) is 3.56. The Kier molecular flexibility index (Phi) is 1.43. The van der Waals surface area contributed by atoms with Crippen LogP contribution >= 0.6 is 0 Å². The van der Waals surface area contributed by atoms with Gasteiger partial charge < -0.3 is 4.42 Å². The van der Waals surface area contributed by atoms with E-state index >= 15 is 0 Å². The van der Waals surface area contributed by atoms with Crippen molar-refractivity contribution in [2.24, 2.45) is 7.05 Å². The van der Waals surface area contributed by atoms with Crippen molar-refractivity contribution in [3.8, 4) is 11.6 Å². The molecule has 62 valence electrons. The topological polar surface area (TPSA) is 56.7 Å². The summed E-state index contributed by atoms with van der Waals surface area (Å²) in [7, 11) is 1.84. The summed E-state index contributed by atoms with van der Waals surface area (Å²) in [6.07, 6.45) is 1.83. The van der Waals surface area contributed by atoms with Gasteiger partial charge in [0.15, 0.2) is 0 Å². The fraction of sp³-hybridized carbons (Fsp3) is 0.286. The van der Waals surface area contributed by atoms with Gasteiger partial charge >= 0.3 is 0 Å². The second-order valence-electron chi connectivity index (χ2n) is 2.50. The van der Waals surface area contributed by atoms with Gasteiger partial charge in [-0.25, -0.2) is 0 Å². The molecule has 0 amide bonds. The van der Waals surface area contributed by atoms with E-state index < -0.39 is 0 Å². The predicted molar refractivity (Wildman–Crippen MR) is 41.2 cm³/mol. The van der Waals surface area contributed by atoms with E-state index in [4.69, 9.17) is 4.42 Å². The Morgan fingerprint density at radius 2 is 2.25 bits per heavy atom. The summed E-state index contributed by atoms with van der Waals surface area (Å²) in [6, 6.07) is 1.83. The molecule has 0 aliphatic carbocycles. The zero-order valence-corrected chi connectivity index (χ0v) is 6.85. The maximum absolute atomic E-state index is 5.18. The Balaban J connectivity index is 2.43. The lowest BCUT2D eigenvalue weighted by Gasteiger charge is -1.85. The molecule has 2 heterocycles. The normalized spacial score (nSPS) is 10.5. The zero-order chi connectivity index (χ0) is 8.55. The highest BCUT2D eigenvalue weighted by Crippen LogP contribution is 2.13. The lowest BCUT2D eigenvalue weighted by molar-refractivity contribution is 0.529. The summed E-state index contributed by atoms with van der Waals surface area (Å²) in [5.41, 5.74) is 0.707. The SMILES string of the molecule is Cc1nnc(-c2ccn(C)n2)o1. The average molecular weight is 164 g/mol. The summed E-state index contributed by atoms with van der Waals surface area (Å²) in [6.45, 7) is 1.75. The van der Waals surface area contributed by atoms with Crippen LogP contribution in [0.2, 0.25) is 0 Å². The minimum absolute atomic E-state index is 0.466. The first kappa shape index (κ1) is 7.02. The van der Waals surface area contributed by atoms with E-state index in [1.165, 1.54) is 0 Å². The molecule has 0 atom stereocenters. The molecule has 0 fully saturated rings. The number of aromatic nitrogens is 4. The standard InChI is InChI=1S/C7H8N4O/c1-5-8-9-7(12-5)6-3-4-11(2)10-6/h3-4H,1-2H3. The molecule has 5 heteroatoms. The van der Waals surface area contributed by atoms with E-state index in [2.05, 4.69) is 15.3 Å². The Labute approximate surface area is 69.0 Å². The molecule has 2 rings (SSSR count). The summed E-state index contributed by atoms with van der Waals surface area (Å²) < 4.78 is 6.87. The van der Waals surface area contributed by atoms with Crippen LogP contribution < -0.4 is 0 Å². The number of nitrogens with zero attached hydrogens (tertiary/aromatic N) is 4. The Hall–Kier alpha value is -1.65. The quantitative estimate of drug-likeness (QED) is 0.624. The molecular weight excluding hydrogens is 156 g/mol. The van der Waals surface area contributed by atoms with Crippen LogP contribution in [0.5, 0.6) is 0 Å². The number of hydrogen-bond donors (Lipinski definition) is 0. The fourth-order valence-corrected chi connectivity index (χ4v) is 0.929. The first-order valence-electron chi connectivity index (χ1n) is 3.56. The summed E-state index contributed by atoms with van der Waals surface area (Å²) >= 11 is 0. The molecule has 0 unspecified atom stereocenters. The minimum Gasteiger partial charge on any atom is -0.420 e. The molecular formula is C7H8N4O. The van der Waals surface area contributed by atoms with Crippen LogP contribution in [-0.4, -0.2) is 20.0 Å². The van der Waals surface area contributed by atoms with Gasteiger partial charge in [0.05, 0.1) is 0 Å². The Morgan fingerprint density at radius 1 is 1.42 bits per heavy atom. The first-order chi connectivity index (χ1) is 5.75. The molecule has 0 N–H and O–H groups in total. The third-order valence-corrected chi connectivity index (χ3v) is 1.46. The van der Waals surface area contributed by atoms with Crippen molar-refractivity contribution < 1.29 is 4.42 Å². The molecule has 0 saturated carbocycles. The smallest absolute Gasteiger partial charge is 0.268 e. The maximum Gasteiger partial charge on any atom is 0.268 e. The lowest BCUT2D eigenvalue weighted by atomic mass is 10.4. The van der Waals surface area contributed by atoms with Gasteiger partial charge in [-0.05, 0) is 6.07 Å². The highest BCUT2D eigenvalue weighted by atomic mass is 16.4. The highest BCUT2D eigenvalue weighted by Gasteiger charge is 2.07. The van der Waals surface area contributed by atoms with Gasteiger partial charge in [0, 0.05) is 20.2 Å². The van der Waals surface area contributed by atoms with E-state index in [0.717, 1.165) is 0 Å². The van der Waals surface area contributed by atoms with Crippen LogP contribution in [0, 0.1) is 6.92 Å². The van der Waals surface area contributed by atoms with Crippen molar-refractivity contribution in [1.82, 2.24) is 20.0 Å². The van der Waals surface area contributed by atoms with Gasteiger partial charge in [0.2, 0.25) is 5.89 Å². The maximum atomic E-state index is 5.18. The summed E-state index contributed by atoms with van der Waals surface area (Å²) in [5.74, 6) is 1.02. The summed E-state index contributed by atoms with van der Waals surface area (Å²) in [5, 5.41) is 11.7. The van der Waals surface area contributed by atoms with Gasteiger partial charge in [-0.1, -0.05) is 0 Å². The second-order valence-corrected chi connectivity index (χ2v) is 2.50. The molecule has 5 nitrogen and oxygen atoms in total. The third kappa shape index (κ3) is 1.09. The minimum atomic E-state index is 0.466. The predicted octanol–water partition coefficient (Wildman–Crippen LogP) is 0.779. The molecule has 0 bridgehead atoms. The van der Waals surface area contributed by atoms with Crippen LogP contribution in [0.4, 0.5) is 0 Å². The van der Waals surface area contributed by atoms with Gasteiger partial charge in [-0.2, -0.15) is 5.10 Å². The second kappa shape index (κ2) is 2.44. The molecule has 2 aromatic heterocycles. The largest absolute Gasteiger partial charge is 0.420 e. The van der Waals surface area contributed by atoms with Crippen molar-refractivity contribution in [2.75, 3.05) is 0 Å². The van der Waals surface area contributed by atoms with E-state index in [-0.39, 0.29) is 0 Å². The van der Waals surface area contributed by atoms with Crippen molar-refractivity contribution in [3.63, 3.8) is 0 Å². The number of hydrogen-bond acceptors (Lipinski definition) is 4. The molecule has 0 aromatic carbocycles. The Morgan fingerprint density at radius 3 is 2.75 bits per heavy atom. The molecule has 0 saturated heterocycles. The zero-order valence-electron chi connectivity index (χ0n) is 6.85. The molecule has 2 aromatic rings. The van der Waals surface area contributed by atoms with E-state index in [1.54, 1.807) is 11.6 Å². The van der Waals surface area contributed by atoms with E-state index in [0.29, 0.717) is 17.5 Å². The number of rotatable bonds is 1.